The molecule has 0 bridgehead atoms. The summed E-state index contributed by atoms with van der Waals surface area (Å²) < 4.78 is 2.18. The summed E-state index contributed by atoms with van der Waals surface area (Å²) in [5.41, 5.74) is 5.55. The first-order chi connectivity index (χ1) is 9.69. The lowest BCUT2D eigenvalue weighted by Gasteiger charge is -2.09. The number of halogens is 1. The molecule has 102 valence electrons. The van der Waals surface area contributed by atoms with E-state index in [9.17, 15) is 0 Å². The first-order valence-corrected chi connectivity index (χ1v) is 7.14. The number of imidazole rings is 1. The summed E-state index contributed by atoms with van der Waals surface area (Å²) in [7, 11) is 0. The summed E-state index contributed by atoms with van der Waals surface area (Å²) in [6.45, 7) is 4.84. The molecule has 0 radical (unpaired) electrons. The van der Waals surface area contributed by atoms with Gasteiger partial charge in [0.25, 0.3) is 0 Å². The fraction of sp³-hybridized carbons (Fsp3) is 0.250. The Hall–Kier alpha value is -1.87. The first kappa shape index (κ1) is 13.1. The molecule has 4 heteroatoms. The Morgan fingerprint density at radius 1 is 1.15 bits per heavy atom. The van der Waals surface area contributed by atoms with Crippen molar-refractivity contribution in [3.63, 3.8) is 0 Å². The average Bonchev–Trinajstić information content (AvgIpc) is 2.81. The van der Waals surface area contributed by atoms with Crippen molar-refractivity contribution in [2.24, 2.45) is 0 Å². The van der Waals surface area contributed by atoms with Crippen LogP contribution in [0.4, 0.5) is 0 Å². The molecule has 0 spiro atoms. The maximum Gasteiger partial charge on any atom is 0.125 e. The number of benzene rings is 1. The van der Waals surface area contributed by atoms with Gasteiger partial charge in [-0.05, 0) is 37.1 Å². The number of rotatable bonds is 3. The van der Waals surface area contributed by atoms with Crippen molar-refractivity contribution in [3.8, 4) is 0 Å². The molecule has 1 aromatic carbocycles. The predicted octanol–water partition coefficient (Wildman–Crippen LogP) is 3.84. The van der Waals surface area contributed by atoms with Crippen LogP contribution in [-0.4, -0.2) is 14.5 Å². The summed E-state index contributed by atoms with van der Waals surface area (Å²) in [4.78, 5) is 8.97. The highest BCUT2D eigenvalue weighted by atomic mass is 35.5. The third-order valence-electron chi connectivity index (χ3n) is 3.48. The van der Waals surface area contributed by atoms with E-state index >= 15 is 0 Å². The number of alkyl halides is 1. The monoisotopic (exact) mass is 285 g/mol. The molecule has 0 N–H and O–H groups in total. The van der Waals surface area contributed by atoms with E-state index in [4.69, 9.17) is 11.6 Å². The van der Waals surface area contributed by atoms with Crippen molar-refractivity contribution in [1.29, 1.82) is 0 Å². The van der Waals surface area contributed by atoms with E-state index in [1.807, 2.05) is 31.3 Å². The van der Waals surface area contributed by atoms with Gasteiger partial charge in [0.1, 0.15) is 5.82 Å². The van der Waals surface area contributed by atoms with Gasteiger partial charge in [0, 0.05) is 11.9 Å². The third kappa shape index (κ3) is 2.29. The number of nitrogens with zero attached hydrogens (tertiary/aromatic N) is 3. The van der Waals surface area contributed by atoms with E-state index in [-0.39, 0.29) is 0 Å². The predicted molar refractivity (Wildman–Crippen MR) is 82.1 cm³/mol. The smallest absolute Gasteiger partial charge is 0.125 e. The van der Waals surface area contributed by atoms with Gasteiger partial charge in [0.2, 0.25) is 0 Å². The van der Waals surface area contributed by atoms with Crippen LogP contribution in [-0.2, 0) is 12.4 Å². The van der Waals surface area contributed by atoms with E-state index in [0.717, 1.165) is 34.7 Å². The summed E-state index contributed by atoms with van der Waals surface area (Å²) in [5, 5.41) is 0. The molecular formula is C16H16ClN3. The van der Waals surface area contributed by atoms with Crippen molar-refractivity contribution >= 4 is 22.6 Å². The van der Waals surface area contributed by atoms with Crippen molar-refractivity contribution in [2.45, 2.75) is 26.3 Å². The minimum Gasteiger partial charge on any atom is -0.322 e. The minimum absolute atomic E-state index is 0.410. The van der Waals surface area contributed by atoms with E-state index in [2.05, 4.69) is 33.6 Å². The molecule has 0 unspecified atom stereocenters. The van der Waals surface area contributed by atoms with Gasteiger partial charge in [-0.2, -0.15) is 0 Å². The van der Waals surface area contributed by atoms with Gasteiger partial charge in [-0.15, -0.1) is 11.6 Å². The van der Waals surface area contributed by atoms with Crippen molar-refractivity contribution in [3.05, 3.63) is 59.2 Å². The second kappa shape index (κ2) is 5.25. The molecule has 3 rings (SSSR count). The fourth-order valence-corrected chi connectivity index (χ4v) is 2.66. The highest BCUT2D eigenvalue weighted by Crippen LogP contribution is 2.22. The van der Waals surface area contributed by atoms with Crippen LogP contribution in [0.3, 0.4) is 0 Å². The zero-order valence-corrected chi connectivity index (χ0v) is 12.4. The number of pyridine rings is 1. The standard InChI is InChI=1S/C16H16ClN3/c1-11-4-3-5-14-16(11)20(15(8-17)19-14)10-13-7-6-12(2)18-9-13/h3-7,9H,8,10H2,1-2H3. The lowest BCUT2D eigenvalue weighted by atomic mass is 10.2. The number of hydrogen-bond acceptors (Lipinski definition) is 2. The van der Waals surface area contributed by atoms with Crippen molar-refractivity contribution in [1.82, 2.24) is 14.5 Å². The van der Waals surface area contributed by atoms with Crippen molar-refractivity contribution in [2.75, 3.05) is 0 Å². The van der Waals surface area contributed by atoms with E-state index in [1.165, 1.54) is 5.56 Å². The second-order valence-corrected chi connectivity index (χ2v) is 5.27. The Bertz CT molecular complexity index is 744. The van der Waals surface area contributed by atoms with Crippen LogP contribution in [0, 0.1) is 13.8 Å². The Kier molecular flexibility index (Phi) is 3.45. The zero-order valence-electron chi connectivity index (χ0n) is 11.6. The normalized spacial score (nSPS) is 11.2. The molecule has 0 aliphatic heterocycles. The fourth-order valence-electron chi connectivity index (χ4n) is 2.46. The molecule has 0 atom stereocenters. The Balaban J connectivity index is 2.11. The molecule has 0 amide bonds. The van der Waals surface area contributed by atoms with E-state index < -0.39 is 0 Å². The van der Waals surface area contributed by atoms with Crippen LogP contribution in [0.1, 0.15) is 22.6 Å². The number of hydrogen-bond donors (Lipinski definition) is 0. The van der Waals surface area contributed by atoms with Crippen LogP contribution in [0.25, 0.3) is 11.0 Å². The molecule has 2 heterocycles. The molecule has 20 heavy (non-hydrogen) atoms. The van der Waals surface area contributed by atoms with Gasteiger partial charge < -0.3 is 4.57 Å². The summed E-state index contributed by atoms with van der Waals surface area (Å²) in [6, 6.07) is 10.3. The molecule has 0 saturated carbocycles. The minimum atomic E-state index is 0.410. The SMILES string of the molecule is Cc1ccc(Cn2c(CCl)nc3cccc(C)c32)cn1. The number of fused-ring (bicyclic) bond motifs is 1. The van der Waals surface area contributed by atoms with Gasteiger partial charge >= 0.3 is 0 Å². The van der Waals surface area contributed by atoms with Gasteiger partial charge in [0.15, 0.2) is 0 Å². The van der Waals surface area contributed by atoms with Crippen LogP contribution in [0.15, 0.2) is 36.5 Å². The summed E-state index contributed by atoms with van der Waals surface area (Å²) in [6.07, 6.45) is 1.91. The third-order valence-corrected chi connectivity index (χ3v) is 3.72. The van der Waals surface area contributed by atoms with Gasteiger partial charge in [-0.25, -0.2) is 4.98 Å². The molecule has 0 fully saturated rings. The summed E-state index contributed by atoms with van der Waals surface area (Å²) in [5.74, 6) is 1.31. The zero-order chi connectivity index (χ0) is 14.1. The number of aryl methyl sites for hydroxylation is 2. The number of para-hydroxylation sites is 1. The Morgan fingerprint density at radius 2 is 2.00 bits per heavy atom. The lowest BCUT2D eigenvalue weighted by molar-refractivity contribution is 0.773. The van der Waals surface area contributed by atoms with Gasteiger partial charge in [-0.3, -0.25) is 4.98 Å². The van der Waals surface area contributed by atoms with Crippen LogP contribution < -0.4 is 0 Å². The summed E-state index contributed by atoms with van der Waals surface area (Å²) >= 11 is 6.05. The van der Waals surface area contributed by atoms with E-state index in [0.29, 0.717) is 5.88 Å². The number of aromatic nitrogens is 3. The molecule has 0 aliphatic rings. The molecule has 0 saturated heterocycles. The Morgan fingerprint density at radius 3 is 2.70 bits per heavy atom. The Labute approximate surface area is 123 Å². The van der Waals surface area contributed by atoms with Crippen molar-refractivity contribution < 1.29 is 0 Å². The molecule has 3 aromatic rings. The molecule has 0 aliphatic carbocycles. The van der Waals surface area contributed by atoms with Gasteiger partial charge in [-0.1, -0.05) is 18.2 Å². The lowest BCUT2D eigenvalue weighted by Crippen LogP contribution is -2.05. The largest absolute Gasteiger partial charge is 0.322 e. The highest BCUT2D eigenvalue weighted by molar-refractivity contribution is 6.16. The average molecular weight is 286 g/mol. The maximum atomic E-state index is 6.05. The van der Waals surface area contributed by atoms with Crippen LogP contribution in [0.2, 0.25) is 0 Å². The second-order valence-electron chi connectivity index (χ2n) is 5.00. The molecule has 2 aromatic heterocycles. The van der Waals surface area contributed by atoms with Crippen LogP contribution >= 0.6 is 11.6 Å². The van der Waals surface area contributed by atoms with Gasteiger partial charge in [0.05, 0.1) is 23.5 Å². The van der Waals surface area contributed by atoms with E-state index in [1.54, 1.807) is 0 Å². The molecular weight excluding hydrogens is 270 g/mol. The molecule has 3 nitrogen and oxygen atoms in total. The first-order valence-electron chi connectivity index (χ1n) is 6.61. The quantitative estimate of drug-likeness (QED) is 0.685. The van der Waals surface area contributed by atoms with Crippen LogP contribution in [0.5, 0.6) is 0 Å². The highest BCUT2D eigenvalue weighted by Gasteiger charge is 2.12. The maximum absolute atomic E-state index is 6.05. The topological polar surface area (TPSA) is 30.7 Å².